The molecule has 0 radical (unpaired) electrons. The van der Waals surface area contributed by atoms with Crippen molar-refractivity contribution in [1.29, 1.82) is 0 Å². The fourth-order valence-electron chi connectivity index (χ4n) is 3.83. The maximum atomic E-state index is 5.51. The number of aromatic amines is 1. The average Bonchev–Trinajstić information content (AvgIpc) is 3.53. The van der Waals surface area contributed by atoms with Gasteiger partial charge in [0.1, 0.15) is 17.3 Å². The first kappa shape index (κ1) is 20.6. The topological polar surface area (TPSA) is 81.1 Å². The van der Waals surface area contributed by atoms with Gasteiger partial charge in [0.2, 0.25) is 0 Å². The van der Waals surface area contributed by atoms with Gasteiger partial charge in [0.15, 0.2) is 0 Å². The molecule has 0 aliphatic rings. The summed E-state index contributed by atoms with van der Waals surface area (Å²) in [7, 11) is 5.21. The van der Waals surface area contributed by atoms with E-state index in [1.807, 2.05) is 56.1 Å². The summed E-state index contributed by atoms with van der Waals surface area (Å²) in [6.45, 7) is 0.546. The van der Waals surface area contributed by atoms with Crippen molar-refractivity contribution in [2.24, 2.45) is 7.05 Å². The lowest BCUT2D eigenvalue weighted by Gasteiger charge is -2.25. The number of nitrogens with zero attached hydrogens (tertiary/aromatic N) is 5. The quantitative estimate of drug-likeness (QED) is 0.395. The molecule has 2 aromatic carbocycles. The van der Waals surface area contributed by atoms with Crippen LogP contribution < -0.4 is 14.4 Å². The Labute approximate surface area is 191 Å². The number of aryl methyl sites for hydroxylation is 1. The number of aromatic nitrogens is 5. The predicted molar refractivity (Wildman–Crippen MR) is 128 cm³/mol. The van der Waals surface area contributed by atoms with Crippen LogP contribution in [0, 0.1) is 0 Å². The molecule has 8 heteroatoms. The Kier molecular flexibility index (Phi) is 5.40. The molecular formula is C25H24N6O2. The fraction of sp³-hybridized carbons (Fsp3) is 0.160. The van der Waals surface area contributed by atoms with Crippen molar-refractivity contribution >= 4 is 22.3 Å². The van der Waals surface area contributed by atoms with Gasteiger partial charge in [-0.15, -0.1) is 0 Å². The van der Waals surface area contributed by atoms with Crippen LogP contribution in [-0.2, 0) is 13.6 Å². The fourth-order valence-corrected chi connectivity index (χ4v) is 3.83. The summed E-state index contributed by atoms with van der Waals surface area (Å²) in [5.74, 6) is 2.28. The summed E-state index contributed by atoms with van der Waals surface area (Å²) in [6, 6.07) is 14.2. The molecule has 0 fully saturated rings. The maximum Gasteiger partial charge on any atom is 0.126 e. The standard InChI is InChI=1S/C25H24N6O2/c1-30-15-19(14-29-30)18-8-17-9-20(4-5-24(17)28-13-18)31(16-25-26-6-7-27-25)21-10-22(32-2)12-23(11-21)33-3/h4-15H,16H2,1-3H3,(H,26,27). The first-order valence-electron chi connectivity index (χ1n) is 10.5. The van der Waals surface area contributed by atoms with Gasteiger partial charge in [-0.1, -0.05) is 0 Å². The number of ether oxygens (including phenoxy) is 2. The summed E-state index contributed by atoms with van der Waals surface area (Å²) in [4.78, 5) is 14.5. The number of imidazole rings is 1. The minimum Gasteiger partial charge on any atom is -0.497 e. The molecule has 0 aliphatic carbocycles. The van der Waals surface area contributed by atoms with Crippen molar-refractivity contribution in [2.45, 2.75) is 6.54 Å². The zero-order chi connectivity index (χ0) is 22.8. The Morgan fingerprint density at radius 2 is 1.73 bits per heavy atom. The average molecular weight is 441 g/mol. The van der Waals surface area contributed by atoms with Crippen LogP contribution in [0.15, 0.2) is 73.4 Å². The zero-order valence-electron chi connectivity index (χ0n) is 18.7. The van der Waals surface area contributed by atoms with E-state index in [0.29, 0.717) is 6.54 Å². The van der Waals surface area contributed by atoms with Crippen molar-refractivity contribution in [3.8, 4) is 22.6 Å². The number of rotatable bonds is 7. The van der Waals surface area contributed by atoms with Crippen LogP contribution in [-0.4, -0.2) is 39.0 Å². The second-order valence-electron chi connectivity index (χ2n) is 7.70. The molecule has 0 bridgehead atoms. The third kappa shape index (κ3) is 4.23. The molecule has 5 rings (SSSR count). The van der Waals surface area contributed by atoms with Crippen molar-refractivity contribution in [3.05, 3.63) is 79.3 Å². The van der Waals surface area contributed by atoms with E-state index in [9.17, 15) is 0 Å². The molecule has 0 amide bonds. The summed E-state index contributed by atoms with van der Waals surface area (Å²) in [5.41, 5.74) is 4.90. The van der Waals surface area contributed by atoms with Crippen LogP contribution in [0.2, 0.25) is 0 Å². The van der Waals surface area contributed by atoms with Gasteiger partial charge in [-0.3, -0.25) is 9.67 Å². The second-order valence-corrected chi connectivity index (χ2v) is 7.70. The van der Waals surface area contributed by atoms with E-state index in [-0.39, 0.29) is 0 Å². The molecule has 0 saturated carbocycles. The first-order valence-corrected chi connectivity index (χ1v) is 10.5. The van der Waals surface area contributed by atoms with Crippen LogP contribution in [0.25, 0.3) is 22.0 Å². The Bertz CT molecular complexity index is 1370. The van der Waals surface area contributed by atoms with E-state index in [2.05, 4.69) is 43.1 Å². The molecule has 0 atom stereocenters. The predicted octanol–water partition coefficient (Wildman–Crippen LogP) is 4.71. The van der Waals surface area contributed by atoms with E-state index >= 15 is 0 Å². The van der Waals surface area contributed by atoms with Crippen molar-refractivity contribution < 1.29 is 9.47 Å². The van der Waals surface area contributed by atoms with Crippen molar-refractivity contribution in [2.75, 3.05) is 19.1 Å². The number of H-pyrrole nitrogens is 1. The van der Waals surface area contributed by atoms with Gasteiger partial charge in [0.25, 0.3) is 0 Å². The lowest BCUT2D eigenvalue weighted by molar-refractivity contribution is 0.394. The second kappa shape index (κ2) is 8.66. The van der Waals surface area contributed by atoms with E-state index in [1.165, 1.54) is 0 Å². The molecule has 3 aromatic heterocycles. The highest BCUT2D eigenvalue weighted by molar-refractivity contribution is 5.87. The minimum absolute atomic E-state index is 0.546. The van der Waals surface area contributed by atoms with Crippen molar-refractivity contribution in [1.82, 2.24) is 24.7 Å². The molecule has 3 heterocycles. The van der Waals surface area contributed by atoms with E-state index in [0.717, 1.165) is 50.7 Å². The lowest BCUT2D eigenvalue weighted by Crippen LogP contribution is -2.17. The van der Waals surface area contributed by atoms with Gasteiger partial charge in [-0.2, -0.15) is 5.10 Å². The summed E-state index contributed by atoms with van der Waals surface area (Å²) < 4.78 is 12.8. The molecule has 0 spiro atoms. The minimum atomic E-state index is 0.546. The molecule has 33 heavy (non-hydrogen) atoms. The summed E-state index contributed by atoms with van der Waals surface area (Å²) in [6.07, 6.45) is 9.29. The normalized spacial score (nSPS) is 11.0. The molecule has 1 N–H and O–H groups in total. The third-order valence-corrected chi connectivity index (χ3v) is 5.53. The number of fused-ring (bicyclic) bond motifs is 1. The monoisotopic (exact) mass is 440 g/mol. The molecule has 0 aliphatic heterocycles. The number of nitrogens with one attached hydrogen (secondary N) is 1. The highest BCUT2D eigenvalue weighted by Crippen LogP contribution is 2.35. The zero-order valence-corrected chi connectivity index (χ0v) is 18.7. The van der Waals surface area contributed by atoms with E-state index < -0.39 is 0 Å². The van der Waals surface area contributed by atoms with Gasteiger partial charge in [0, 0.05) is 77.9 Å². The molecular weight excluding hydrogens is 416 g/mol. The van der Waals surface area contributed by atoms with Crippen LogP contribution in [0.4, 0.5) is 11.4 Å². The van der Waals surface area contributed by atoms with Gasteiger partial charge >= 0.3 is 0 Å². The third-order valence-electron chi connectivity index (χ3n) is 5.53. The maximum absolute atomic E-state index is 5.51. The smallest absolute Gasteiger partial charge is 0.126 e. The Morgan fingerprint density at radius 3 is 2.39 bits per heavy atom. The summed E-state index contributed by atoms with van der Waals surface area (Å²) >= 11 is 0. The van der Waals surface area contributed by atoms with Gasteiger partial charge in [0.05, 0.1) is 32.5 Å². The lowest BCUT2D eigenvalue weighted by atomic mass is 10.1. The highest BCUT2D eigenvalue weighted by atomic mass is 16.5. The number of benzene rings is 2. The van der Waals surface area contributed by atoms with Crippen LogP contribution >= 0.6 is 0 Å². The molecule has 5 aromatic rings. The molecule has 0 unspecified atom stereocenters. The van der Waals surface area contributed by atoms with Crippen molar-refractivity contribution in [3.63, 3.8) is 0 Å². The largest absolute Gasteiger partial charge is 0.497 e. The number of methoxy groups -OCH3 is 2. The Morgan fingerprint density at radius 1 is 0.909 bits per heavy atom. The van der Waals surface area contributed by atoms with Gasteiger partial charge in [-0.05, 0) is 24.3 Å². The van der Waals surface area contributed by atoms with E-state index in [1.54, 1.807) is 25.1 Å². The Balaban J connectivity index is 1.61. The molecule has 0 saturated heterocycles. The molecule has 166 valence electrons. The SMILES string of the molecule is COc1cc(OC)cc(N(Cc2ncc[nH]2)c2ccc3ncc(-c4cnn(C)c4)cc3c2)c1. The van der Waals surface area contributed by atoms with Gasteiger partial charge < -0.3 is 19.4 Å². The van der Waals surface area contributed by atoms with Gasteiger partial charge in [-0.25, -0.2) is 4.98 Å². The number of hydrogen-bond donors (Lipinski definition) is 1. The van der Waals surface area contributed by atoms with Crippen LogP contribution in [0.1, 0.15) is 5.82 Å². The highest BCUT2D eigenvalue weighted by Gasteiger charge is 2.15. The number of anilines is 2. The first-order chi connectivity index (χ1) is 16.1. The van der Waals surface area contributed by atoms with E-state index in [4.69, 9.17) is 9.47 Å². The van der Waals surface area contributed by atoms with Crippen LogP contribution in [0.3, 0.4) is 0 Å². The van der Waals surface area contributed by atoms with Crippen LogP contribution in [0.5, 0.6) is 11.5 Å². The number of hydrogen-bond acceptors (Lipinski definition) is 6. The Hall–Kier alpha value is -4.33. The summed E-state index contributed by atoms with van der Waals surface area (Å²) in [5, 5.41) is 5.31. The molecule has 8 nitrogen and oxygen atoms in total. The number of pyridine rings is 1.